The van der Waals surface area contributed by atoms with Gasteiger partial charge < -0.3 is 19.9 Å². The third kappa shape index (κ3) is 4.15. The lowest BCUT2D eigenvalue weighted by Crippen LogP contribution is -2.21. The number of nitrogens with one attached hydrogen (secondary N) is 1. The quantitative estimate of drug-likeness (QED) is 0.824. The van der Waals surface area contributed by atoms with E-state index in [1.54, 1.807) is 26.4 Å². The third-order valence-corrected chi connectivity index (χ3v) is 3.68. The second-order valence-corrected chi connectivity index (χ2v) is 5.21. The number of phenolic OH excluding ortho intramolecular Hbond substituents is 1. The summed E-state index contributed by atoms with van der Waals surface area (Å²) in [7, 11) is 3.28. The van der Waals surface area contributed by atoms with E-state index in [-0.39, 0.29) is 6.04 Å². The molecule has 0 aliphatic heterocycles. The highest BCUT2D eigenvalue weighted by Gasteiger charge is 2.07. The van der Waals surface area contributed by atoms with Crippen LogP contribution in [-0.4, -0.2) is 25.9 Å². The van der Waals surface area contributed by atoms with Gasteiger partial charge in [0.2, 0.25) is 0 Å². The molecule has 22 heavy (non-hydrogen) atoms. The SMILES string of the molecule is COc1ccc(CCN[C@H](C)c2cccc(O)c2)cc1OC. The predicted octanol–water partition coefficient (Wildman–Crippen LogP) is 3.30. The van der Waals surface area contributed by atoms with Crippen molar-refractivity contribution in [1.29, 1.82) is 0 Å². The lowest BCUT2D eigenvalue weighted by molar-refractivity contribution is 0.354. The fraction of sp³-hybridized carbons (Fsp3) is 0.333. The van der Waals surface area contributed by atoms with Crippen LogP contribution < -0.4 is 14.8 Å². The van der Waals surface area contributed by atoms with Crippen LogP contribution in [0, 0.1) is 0 Å². The van der Waals surface area contributed by atoms with Crippen molar-refractivity contribution in [2.24, 2.45) is 0 Å². The first-order valence-electron chi connectivity index (χ1n) is 7.37. The molecular weight excluding hydrogens is 278 g/mol. The molecule has 0 saturated carbocycles. The van der Waals surface area contributed by atoms with Crippen LogP contribution in [0.15, 0.2) is 42.5 Å². The molecular formula is C18H23NO3. The maximum absolute atomic E-state index is 9.52. The van der Waals surface area contributed by atoms with E-state index in [0.29, 0.717) is 5.75 Å². The third-order valence-electron chi connectivity index (χ3n) is 3.68. The number of methoxy groups -OCH3 is 2. The van der Waals surface area contributed by atoms with Crippen molar-refractivity contribution in [3.8, 4) is 17.2 Å². The number of phenols is 1. The van der Waals surface area contributed by atoms with Gasteiger partial charge in [0.25, 0.3) is 0 Å². The minimum absolute atomic E-state index is 0.187. The lowest BCUT2D eigenvalue weighted by atomic mass is 10.1. The van der Waals surface area contributed by atoms with Crippen molar-refractivity contribution in [1.82, 2.24) is 5.32 Å². The zero-order chi connectivity index (χ0) is 15.9. The van der Waals surface area contributed by atoms with Crippen molar-refractivity contribution < 1.29 is 14.6 Å². The number of aromatic hydroxyl groups is 1. The Morgan fingerprint density at radius 1 is 1.05 bits per heavy atom. The molecule has 0 fully saturated rings. The summed E-state index contributed by atoms with van der Waals surface area (Å²) in [6, 6.07) is 13.5. The number of ether oxygens (including phenoxy) is 2. The van der Waals surface area contributed by atoms with E-state index in [4.69, 9.17) is 9.47 Å². The predicted molar refractivity (Wildman–Crippen MR) is 87.8 cm³/mol. The molecule has 2 aromatic carbocycles. The van der Waals surface area contributed by atoms with Crippen LogP contribution in [0.25, 0.3) is 0 Å². The molecule has 0 radical (unpaired) electrons. The zero-order valence-corrected chi connectivity index (χ0v) is 13.3. The Bertz CT molecular complexity index is 613. The summed E-state index contributed by atoms with van der Waals surface area (Å²) in [6.07, 6.45) is 0.892. The highest BCUT2D eigenvalue weighted by molar-refractivity contribution is 5.43. The molecule has 1 atom stereocenters. The summed E-state index contributed by atoms with van der Waals surface area (Å²) >= 11 is 0. The Kier molecular flexibility index (Phi) is 5.67. The molecule has 4 heteroatoms. The minimum Gasteiger partial charge on any atom is -0.508 e. The van der Waals surface area contributed by atoms with E-state index in [9.17, 15) is 5.11 Å². The van der Waals surface area contributed by atoms with E-state index in [1.807, 2.05) is 30.3 Å². The molecule has 0 bridgehead atoms. The molecule has 0 heterocycles. The Morgan fingerprint density at radius 3 is 2.50 bits per heavy atom. The summed E-state index contributed by atoms with van der Waals surface area (Å²) in [5.41, 5.74) is 2.26. The first kappa shape index (κ1) is 16.2. The van der Waals surface area contributed by atoms with Crippen molar-refractivity contribution in [3.63, 3.8) is 0 Å². The van der Waals surface area contributed by atoms with E-state index >= 15 is 0 Å². The van der Waals surface area contributed by atoms with Gasteiger partial charge in [0, 0.05) is 6.04 Å². The Morgan fingerprint density at radius 2 is 1.82 bits per heavy atom. The van der Waals surface area contributed by atoms with Gasteiger partial charge in [0.05, 0.1) is 14.2 Å². The van der Waals surface area contributed by atoms with Crippen LogP contribution in [0.5, 0.6) is 17.2 Å². The number of hydrogen-bond acceptors (Lipinski definition) is 4. The Hall–Kier alpha value is -2.20. The molecule has 4 nitrogen and oxygen atoms in total. The average molecular weight is 301 g/mol. The minimum atomic E-state index is 0.187. The van der Waals surface area contributed by atoms with Crippen LogP contribution in [0.4, 0.5) is 0 Å². The first-order valence-corrected chi connectivity index (χ1v) is 7.37. The van der Waals surface area contributed by atoms with Crippen molar-refractivity contribution in [2.45, 2.75) is 19.4 Å². The Balaban J connectivity index is 1.91. The second-order valence-electron chi connectivity index (χ2n) is 5.21. The molecule has 0 amide bonds. The summed E-state index contributed by atoms with van der Waals surface area (Å²) in [5, 5.41) is 13.0. The van der Waals surface area contributed by atoms with Crippen LogP contribution in [0.2, 0.25) is 0 Å². The van der Waals surface area contributed by atoms with Crippen LogP contribution in [0.1, 0.15) is 24.1 Å². The first-order chi connectivity index (χ1) is 10.6. The van der Waals surface area contributed by atoms with E-state index in [1.165, 1.54) is 5.56 Å². The van der Waals surface area contributed by atoms with Crippen LogP contribution in [-0.2, 0) is 6.42 Å². The second kappa shape index (κ2) is 7.71. The molecule has 0 spiro atoms. The van der Waals surface area contributed by atoms with Gasteiger partial charge in [0.1, 0.15) is 5.75 Å². The van der Waals surface area contributed by atoms with Crippen LogP contribution in [0.3, 0.4) is 0 Å². The monoisotopic (exact) mass is 301 g/mol. The summed E-state index contributed by atoms with van der Waals surface area (Å²) in [6.45, 7) is 2.93. The van der Waals surface area contributed by atoms with Gasteiger partial charge in [-0.3, -0.25) is 0 Å². The van der Waals surface area contributed by atoms with Gasteiger partial charge >= 0.3 is 0 Å². The number of rotatable bonds is 7. The molecule has 0 saturated heterocycles. The molecule has 2 aromatic rings. The van der Waals surface area contributed by atoms with Gasteiger partial charge in [-0.25, -0.2) is 0 Å². The number of hydrogen-bond donors (Lipinski definition) is 2. The van der Waals surface area contributed by atoms with Gasteiger partial charge in [-0.15, -0.1) is 0 Å². The van der Waals surface area contributed by atoms with Crippen molar-refractivity contribution >= 4 is 0 Å². The molecule has 0 aliphatic carbocycles. The van der Waals surface area contributed by atoms with Crippen molar-refractivity contribution in [2.75, 3.05) is 20.8 Å². The fourth-order valence-corrected chi connectivity index (χ4v) is 2.38. The smallest absolute Gasteiger partial charge is 0.160 e. The molecule has 0 aliphatic rings. The van der Waals surface area contributed by atoms with Gasteiger partial charge in [-0.2, -0.15) is 0 Å². The maximum Gasteiger partial charge on any atom is 0.160 e. The molecule has 0 aromatic heterocycles. The largest absolute Gasteiger partial charge is 0.508 e. The van der Waals surface area contributed by atoms with E-state index in [0.717, 1.165) is 30.0 Å². The summed E-state index contributed by atoms with van der Waals surface area (Å²) in [5.74, 6) is 1.79. The summed E-state index contributed by atoms with van der Waals surface area (Å²) < 4.78 is 10.6. The molecule has 118 valence electrons. The number of benzene rings is 2. The fourth-order valence-electron chi connectivity index (χ4n) is 2.38. The lowest BCUT2D eigenvalue weighted by Gasteiger charge is -2.15. The van der Waals surface area contributed by atoms with Crippen molar-refractivity contribution in [3.05, 3.63) is 53.6 Å². The van der Waals surface area contributed by atoms with Gasteiger partial charge in [0.15, 0.2) is 11.5 Å². The molecule has 2 rings (SSSR count). The normalized spacial score (nSPS) is 12.0. The summed E-state index contributed by atoms with van der Waals surface area (Å²) in [4.78, 5) is 0. The zero-order valence-electron chi connectivity index (χ0n) is 13.3. The van der Waals surface area contributed by atoms with E-state index < -0.39 is 0 Å². The maximum atomic E-state index is 9.52. The average Bonchev–Trinajstić information content (AvgIpc) is 2.54. The standard InChI is InChI=1S/C18H23NO3/c1-13(15-5-4-6-16(20)12-15)19-10-9-14-7-8-17(21-2)18(11-14)22-3/h4-8,11-13,19-20H,9-10H2,1-3H3/t13-/m1/s1. The Labute approximate surface area is 131 Å². The van der Waals surface area contributed by atoms with Gasteiger partial charge in [-0.1, -0.05) is 18.2 Å². The van der Waals surface area contributed by atoms with Crippen LogP contribution >= 0.6 is 0 Å². The van der Waals surface area contributed by atoms with Gasteiger partial charge in [-0.05, 0) is 55.3 Å². The van der Waals surface area contributed by atoms with E-state index in [2.05, 4.69) is 12.2 Å². The molecule has 0 unspecified atom stereocenters. The molecule has 2 N–H and O–H groups in total. The topological polar surface area (TPSA) is 50.7 Å². The highest BCUT2D eigenvalue weighted by Crippen LogP contribution is 2.27. The highest BCUT2D eigenvalue weighted by atomic mass is 16.5.